The Bertz CT molecular complexity index is 734. The van der Waals surface area contributed by atoms with Crippen LogP contribution in [-0.4, -0.2) is 20.0 Å². The van der Waals surface area contributed by atoms with Gasteiger partial charge < -0.3 is 5.73 Å². The van der Waals surface area contributed by atoms with Crippen molar-refractivity contribution in [2.24, 2.45) is 0 Å². The van der Waals surface area contributed by atoms with Crippen LogP contribution in [0.1, 0.15) is 36.6 Å². The summed E-state index contributed by atoms with van der Waals surface area (Å²) in [6.45, 7) is 7.02. The van der Waals surface area contributed by atoms with Crippen molar-refractivity contribution in [3.05, 3.63) is 41.1 Å². The Morgan fingerprint density at radius 2 is 1.95 bits per heavy atom. The molecular weight excluding hydrogens is 250 g/mol. The van der Waals surface area contributed by atoms with E-state index in [1.165, 1.54) is 11.1 Å². The minimum Gasteiger partial charge on any atom is -0.383 e. The smallest absolute Gasteiger partial charge is 0.182 e. The zero-order chi connectivity index (χ0) is 14.3. The van der Waals surface area contributed by atoms with Crippen LogP contribution in [-0.2, 0) is 6.54 Å². The number of fused-ring (bicyclic) bond motifs is 1. The number of aromatic nitrogens is 4. The number of aryl methyl sites for hydroxylation is 1. The van der Waals surface area contributed by atoms with Gasteiger partial charge in [-0.3, -0.25) is 5.10 Å². The number of H-pyrrole nitrogens is 1. The van der Waals surface area contributed by atoms with Crippen molar-refractivity contribution >= 4 is 16.9 Å². The van der Waals surface area contributed by atoms with Crippen LogP contribution >= 0.6 is 0 Å². The fourth-order valence-electron chi connectivity index (χ4n) is 2.39. The van der Waals surface area contributed by atoms with Gasteiger partial charge in [0.25, 0.3) is 0 Å². The van der Waals surface area contributed by atoms with Crippen LogP contribution in [0.25, 0.3) is 11.0 Å². The molecule has 3 aromatic rings. The third kappa shape index (κ3) is 2.05. The molecule has 1 aromatic carbocycles. The van der Waals surface area contributed by atoms with Gasteiger partial charge >= 0.3 is 0 Å². The van der Waals surface area contributed by atoms with Crippen LogP contribution < -0.4 is 5.73 Å². The Balaban J connectivity index is 2.05. The second-order valence-corrected chi connectivity index (χ2v) is 5.52. The highest BCUT2D eigenvalue weighted by Gasteiger charge is 2.18. The van der Waals surface area contributed by atoms with Crippen molar-refractivity contribution in [1.82, 2.24) is 20.0 Å². The molecule has 0 aliphatic carbocycles. The number of nitrogen functional groups attached to an aromatic ring is 1. The molecule has 0 aliphatic heterocycles. The van der Waals surface area contributed by atoms with Crippen LogP contribution in [0.3, 0.4) is 0 Å². The lowest BCUT2D eigenvalue weighted by atomic mass is 10.1. The largest absolute Gasteiger partial charge is 0.383 e. The number of aromatic amines is 1. The molecule has 0 unspecified atom stereocenters. The highest BCUT2D eigenvalue weighted by molar-refractivity contribution is 5.89. The average Bonchev–Trinajstić information content (AvgIpc) is 2.95. The highest BCUT2D eigenvalue weighted by atomic mass is 15.3. The molecule has 5 nitrogen and oxygen atoms in total. The van der Waals surface area contributed by atoms with Crippen LogP contribution in [0.4, 0.5) is 5.82 Å². The van der Waals surface area contributed by atoms with E-state index in [9.17, 15) is 0 Å². The van der Waals surface area contributed by atoms with Gasteiger partial charge in [0, 0.05) is 0 Å². The summed E-state index contributed by atoms with van der Waals surface area (Å²) in [5.74, 6) is 0.913. The molecular formula is C15H19N5. The normalized spacial score (nSPS) is 11.6. The molecule has 0 saturated heterocycles. The minimum atomic E-state index is 0.316. The fraction of sp³-hybridized carbons (Fsp3) is 0.333. The maximum atomic E-state index is 5.97. The first kappa shape index (κ1) is 12.7. The number of anilines is 1. The third-order valence-corrected chi connectivity index (χ3v) is 3.50. The first-order valence-corrected chi connectivity index (χ1v) is 6.82. The molecule has 2 aromatic heterocycles. The summed E-state index contributed by atoms with van der Waals surface area (Å²) in [4.78, 5) is 0. The lowest BCUT2D eigenvalue weighted by Gasteiger charge is -2.04. The fourth-order valence-corrected chi connectivity index (χ4v) is 2.39. The van der Waals surface area contributed by atoms with Crippen molar-refractivity contribution < 1.29 is 0 Å². The van der Waals surface area contributed by atoms with E-state index in [0.717, 1.165) is 16.7 Å². The van der Waals surface area contributed by atoms with Crippen molar-refractivity contribution in [3.63, 3.8) is 0 Å². The minimum absolute atomic E-state index is 0.316. The van der Waals surface area contributed by atoms with Crippen LogP contribution in [0.5, 0.6) is 0 Å². The number of hydrogen-bond acceptors (Lipinski definition) is 3. The first-order valence-electron chi connectivity index (χ1n) is 6.82. The van der Waals surface area contributed by atoms with E-state index < -0.39 is 0 Å². The summed E-state index contributed by atoms with van der Waals surface area (Å²) in [6.07, 6.45) is 0. The molecule has 3 N–H and O–H groups in total. The maximum absolute atomic E-state index is 5.97. The Morgan fingerprint density at radius 3 is 2.60 bits per heavy atom. The first-order chi connectivity index (χ1) is 9.56. The maximum Gasteiger partial charge on any atom is 0.182 e. The van der Waals surface area contributed by atoms with Gasteiger partial charge in [-0.2, -0.15) is 10.2 Å². The molecule has 0 spiro atoms. The predicted molar refractivity (Wildman–Crippen MR) is 80.7 cm³/mol. The topological polar surface area (TPSA) is 72.5 Å². The molecule has 104 valence electrons. The monoisotopic (exact) mass is 269 g/mol. The van der Waals surface area contributed by atoms with Crippen LogP contribution in [0.2, 0.25) is 0 Å². The van der Waals surface area contributed by atoms with Crippen LogP contribution in [0, 0.1) is 6.92 Å². The molecule has 0 saturated carbocycles. The van der Waals surface area contributed by atoms with E-state index in [0.29, 0.717) is 18.3 Å². The Hall–Kier alpha value is -2.30. The summed E-state index contributed by atoms with van der Waals surface area (Å²) in [5.41, 5.74) is 10.3. The molecule has 0 fully saturated rings. The molecule has 2 heterocycles. The molecule has 5 heteroatoms. The van der Waals surface area contributed by atoms with E-state index in [1.54, 1.807) is 0 Å². The number of hydrogen-bond donors (Lipinski definition) is 2. The van der Waals surface area contributed by atoms with Gasteiger partial charge in [-0.15, -0.1) is 0 Å². The molecule has 3 rings (SSSR count). The highest BCUT2D eigenvalue weighted by Crippen LogP contribution is 2.28. The predicted octanol–water partition coefficient (Wildman–Crippen LogP) is 2.82. The van der Waals surface area contributed by atoms with E-state index in [-0.39, 0.29) is 0 Å². The third-order valence-electron chi connectivity index (χ3n) is 3.50. The van der Waals surface area contributed by atoms with Crippen molar-refractivity contribution in [1.29, 1.82) is 0 Å². The summed E-state index contributed by atoms with van der Waals surface area (Å²) >= 11 is 0. The van der Waals surface area contributed by atoms with Gasteiger partial charge in [0.1, 0.15) is 5.82 Å². The second-order valence-electron chi connectivity index (χ2n) is 5.52. The number of nitrogens with zero attached hydrogens (tertiary/aromatic N) is 3. The number of benzene rings is 1. The van der Waals surface area contributed by atoms with Gasteiger partial charge in [-0.05, 0) is 18.4 Å². The van der Waals surface area contributed by atoms with Gasteiger partial charge in [0.15, 0.2) is 5.65 Å². The van der Waals surface area contributed by atoms with Crippen molar-refractivity contribution in [2.75, 3.05) is 5.73 Å². The standard InChI is InChI=1S/C15H19N5/c1-9(2)13-12-14(16)17-18-15(12)20(19-13)8-11-6-4-10(3)5-7-11/h4-7,9H,8H2,1-3H3,(H3,16,17,18). The van der Waals surface area contributed by atoms with Gasteiger partial charge in [-0.25, -0.2) is 4.68 Å². The molecule has 0 aliphatic rings. The van der Waals surface area contributed by atoms with E-state index in [2.05, 4.69) is 60.3 Å². The second kappa shape index (κ2) is 4.67. The molecule has 20 heavy (non-hydrogen) atoms. The lowest BCUT2D eigenvalue weighted by molar-refractivity contribution is 0.666. The average molecular weight is 269 g/mol. The zero-order valence-electron chi connectivity index (χ0n) is 12.0. The van der Waals surface area contributed by atoms with Gasteiger partial charge in [-0.1, -0.05) is 43.7 Å². The molecule has 0 radical (unpaired) electrons. The zero-order valence-corrected chi connectivity index (χ0v) is 12.0. The quantitative estimate of drug-likeness (QED) is 0.768. The van der Waals surface area contributed by atoms with Crippen molar-refractivity contribution in [2.45, 2.75) is 33.2 Å². The summed E-state index contributed by atoms with van der Waals surface area (Å²) in [6, 6.07) is 8.46. The van der Waals surface area contributed by atoms with Crippen LogP contribution in [0.15, 0.2) is 24.3 Å². The van der Waals surface area contributed by atoms with E-state index >= 15 is 0 Å². The summed E-state index contributed by atoms with van der Waals surface area (Å²) in [7, 11) is 0. The number of nitrogens with one attached hydrogen (secondary N) is 1. The summed E-state index contributed by atoms with van der Waals surface area (Å²) in [5, 5.41) is 12.8. The summed E-state index contributed by atoms with van der Waals surface area (Å²) < 4.78 is 1.92. The Labute approximate surface area is 117 Å². The van der Waals surface area contributed by atoms with E-state index in [4.69, 9.17) is 5.73 Å². The Morgan fingerprint density at radius 1 is 1.25 bits per heavy atom. The molecule has 0 atom stereocenters. The lowest BCUT2D eigenvalue weighted by Crippen LogP contribution is -2.03. The Kier molecular flexibility index (Phi) is 2.97. The molecule has 0 amide bonds. The SMILES string of the molecule is Cc1ccc(Cn2nc(C(C)C)c3c(N)[nH]nc32)cc1. The number of rotatable bonds is 3. The molecule has 0 bridgehead atoms. The van der Waals surface area contributed by atoms with Gasteiger partial charge in [0.2, 0.25) is 0 Å². The number of nitrogens with two attached hydrogens (primary N) is 1. The van der Waals surface area contributed by atoms with E-state index in [1.807, 2.05) is 4.68 Å². The van der Waals surface area contributed by atoms with Crippen molar-refractivity contribution in [3.8, 4) is 0 Å². The van der Waals surface area contributed by atoms with Gasteiger partial charge in [0.05, 0.1) is 17.6 Å².